The number of benzene rings is 1. The maximum Gasteiger partial charge on any atom is 0.251 e. The highest BCUT2D eigenvalue weighted by atomic mass is 19.1. The first kappa shape index (κ1) is 16.1. The molecule has 3 N–H and O–H groups in total. The number of nitrogens with two attached hydrogens (primary N) is 1. The van der Waals surface area contributed by atoms with Crippen molar-refractivity contribution in [3.63, 3.8) is 0 Å². The number of hydrogen-bond donors (Lipinski definition) is 2. The summed E-state index contributed by atoms with van der Waals surface area (Å²) in [7, 11) is 0. The van der Waals surface area contributed by atoms with Gasteiger partial charge in [0.25, 0.3) is 5.91 Å². The van der Waals surface area contributed by atoms with Crippen molar-refractivity contribution in [2.45, 2.75) is 20.3 Å². The van der Waals surface area contributed by atoms with Gasteiger partial charge in [0, 0.05) is 12.3 Å². The highest BCUT2D eigenvalue weighted by molar-refractivity contribution is 5.96. The third-order valence-corrected chi connectivity index (χ3v) is 2.44. The molecule has 0 heterocycles. The number of primary amides is 1. The van der Waals surface area contributed by atoms with Crippen LogP contribution in [0, 0.1) is 11.7 Å². The second-order valence-corrected chi connectivity index (χ2v) is 4.83. The Labute approximate surface area is 117 Å². The molecular formula is C14H19FN2O3. The zero-order valence-corrected chi connectivity index (χ0v) is 11.6. The molecule has 0 saturated heterocycles. The van der Waals surface area contributed by atoms with Gasteiger partial charge in [-0.2, -0.15) is 0 Å². The second-order valence-electron chi connectivity index (χ2n) is 4.83. The Morgan fingerprint density at radius 2 is 2.10 bits per heavy atom. The molecule has 0 aromatic heterocycles. The van der Waals surface area contributed by atoms with E-state index in [1.54, 1.807) is 0 Å². The summed E-state index contributed by atoms with van der Waals surface area (Å²) in [6, 6.07) is 3.67. The van der Waals surface area contributed by atoms with Crippen LogP contribution in [-0.2, 0) is 9.53 Å². The van der Waals surface area contributed by atoms with Crippen LogP contribution < -0.4 is 11.1 Å². The van der Waals surface area contributed by atoms with E-state index in [1.165, 1.54) is 12.1 Å². The first-order valence-corrected chi connectivity index (χ1v) is 6.37. The number of hydrogen-bond acceptors (Lipinski definition) is 3. The van der Waals surface area contributed by atoms with Gasteiger partial charge in [-0.15, -0.1) is 0 Å². The minimum Gasteiger partial charge on any atom is -0.381 e. The molecule has 0 aliphatic carbocycles. The smallest absolute Gasteiger partial charge is 0.251 e. The Kier molecular flexibility index (Phi) is 6.11. The fraction of sp³-hybridized carbons (Fsp3) is 0.429. The van der Waals surface area contributed by atoms with Gasteiger partial charge in [-0.3, -0.25) is 9.59 Å². The molecule has 0 unspecified atom stereocenters. The number of amides is 2. The quantitative estimate of drug-likeness (QED) is 0.750. The van der Waals surface area contributed by atoms with Crippen LogP contribution in [0.25, 0.3) is 0 Å². The predicted molar refractivity (Wildman–Crippen MR) is 73.8 cm³/mol. The van der Waals surface area contributed by atoms with E-state index in [-0.39, 0.29) is 17.9 Å². The maximum atomic E-state index is 13.2. The number of carbonyl (C=O) groups excluding carboxylic acids is 2. The molecular weight excluding hydrogens is 263 g/mol. The molecule has 20 heavy (non-hydrogen) atoms. The first-order chi connectivity index (χ1) is 9.40. The molecule has 0 aliphatic heterocycles. The lowest BCUT2D eigenvalue weighted by Crippen LogP contribution is -2.17. The Bertz CT molecular complexity index is 489. The molecule has 1 rings (SSSR count). The highest BCUT2D eigenvalue weighted by Crippen LogP contribution is 2.14. The van der Waals surface area contributed by atoms with Crippen molar-refractivity contribution in [2.75, 3.05) is 18.5 Å². The normalized spacial score (nSPS) is 10.6. The number of nitrogens with one attached hydrogen (secondary N) is 1. The van der Waals surface area contributed by atoms with Crippen LogP contribution in [0.1, 0.15) is 30.6 Å². The van der Waals surface area contributed by atoms with E-state index < -0.39 is 11.7 Å². The van der Waals surface area contributed by atoms with Crippen molar-refractivity contribution in [2.24, 2.45) is 11.7 Å². The van der Waals surface area contributed by atoms with E-state index in [2.05, 4.69) is 5.32 Å². The third-order valence-electron chi connectivity index (χ3n) is 2.44. The van der Waals surface area contributed by atoms with Gasteiger partial charge < -0.3 is 15.8 Å². The maximum absolute atomic E-state index is 13.2. The molecule has 0 atom stereocenters. The second kappa shape index (κ2) is 7.59. The molecule has 0 fully saturated rings. The predicted octanol–water partition coefficient (Wildman–Crippen LogP) is 1.93. The molecule has 1 aromatic rings. The summed E-state index contributed by atoms with van der Waals surface area (Å²) < 4.78 is 18.5. The molecule has 1 aromatic carbocycles. The number of halogens is 1. The zero-order valence-electron chi connectivity index (χ0n) is 11.6. The standard InChI is InChI=1S/C14H19FN2O3/c1-9(2)8-20-6-5-13(18)17-10-3-4-12(15)11(7-10)14(16)19/h3-4,7,9H,5-6,8H2,1-2H3,(H2,16,19)(H,17,18). The highest BCUT2D eigenvalue weighted by Gasteiger charge is 2.10. The lowest BCUT2D eigenvalue weighted by molar-refractivity contribution is -0.117. The van der Waals surface area contributed by atoms with Crippen LogP contribution in [-0.4, -0.2) is 25.0 Å². The molecule has 2 amide bonds. The zero-order chi connectivity index (χ0) is 15.1. The molecule has 0 bridgehead atoms. The SMILES string of the molecule is CC(C)COCCC(=O)Nc1ccc(F)c(C(N)=O)c1. The van der Waals surface area contributed by atoms with Crippen LogP contribution in [0.4, 0.5) is 10.1 Å². The largest absolute Gasteiger partial charge is 0.381 e. The monoisotopic (exact) mass is 282 g/mol. The van der Waals surface area contributed by atoms with Gasteiger partial charge in [0.1, 0.15) is 5.82 Å². The number of rotatable bonds is 7. The van der Waals surface area contributed by atoms with Crippen LogP contribution in [0.2, 0.25) is 0 Å². The van der Waals surface area contributed by atoms with Gasteiger partial charge in [0.15, 0.2) is 0 Å². The molecule has 0 spiro atoms. The molecule has 0 radical (unpaired) electrons. The van der Waals surface area contributed by atoms with Gasteiger partial charge >= 0.3 is 0 Å². The van der Waals surface area contributed by atoms with Crippen LogP contribution in [0.5, 0.6) is 0 Å². The molecule has 5 nitrogen and oxygen atoms in total. The van der Waals surface area contributed by atoms with E-state index >= 15 is 0 Å². The van der Waals surface area contributed by atoms with Crippen molar-refractivity contribution in [3.05, 3.63) is 29.6 Å². The van der Waals surface area contributed by atoms with Crippen molar-refractivity contribution < 1.29 is 18.7 Å². The number of anilines is 1. The molecule has 0 aliphatic rings. The summed E-state index contributed by atoms with van der Waals surface area (Å²) in [5.74, 6) is -1.45. The Hall–Kier alpha value is -1.95. The van der Waals surface area contributed by atoms with Crippen LogP contribution in [0.3, 0.4) is 0 Å². The van der Waals surface area contributed by atoms with Crippen molar-refractivity contribution >= 4 is 17.5 Å². The van der Waals surface area contributed by atoms with Gasteiger partial charge in [0.2, 0.25) is 5.91 Å². The summed E-state index contributed by atoms with van der Waals surface area (Å²) in [6.45, 7) is 4.94. The van der Waals surface area contributed by atoms with Crippen molar-refractivity contribution in [1.29, 1.82) is 0 Å². The number of ether oxygens (including phenoxy) is 1. The Morgan fingerprint density at radius 1 is 1.40 bits per heavy atom. The van der Waals surface area contributed by atoms with E-state index in [9.17, 15) is 14.0 Å². The molecule has 6 heteroatoms. The lowest BCUT2D eigenvalue weighted by Gasteiger charge is -2.08. The van der Waals surface area contributed by atoms with E-state index in [4.69, 9.17) is 10.5 Å². The number of carbonyl (C=O) groups is 2. The summed E-state index contributed by atoms with van der Waals surface area (Å²) in [5, 5.41) is 2.56. The first-order valence-electron chi connectivity index (χ1n) is 6.37. The fourth-order valence-corrected chi connectivity index (χ4v) is 1.50. The fourth-order valence-electron chi connectivity index (χ4n) is 1.50. The summed E-state index contributed by atoms with van der Waals surface area (Å²) >= 11 is 0. The summed E-state index contributed by atoms with van der Waals surface area (Å²) in [6.07, 6.45) is 0.190. The summed E-state index contributed by atoms with van der Waals surface area (Å²) in [4.78, 5) is 22.6. The molecule has 0 saturated carbocycles. The Morgan fingerprint density at radius 3 is 2.70 bits per heavy atom. The molecule has 110 valence electrons. The van der Waals surface area contributed by atoms with Crippen molar-refractivity contribution in [1.82, 2.24) is 0 Å². The third kappa shape index (κ3) is 5.36. The van der Waals surface area contributed by atoms with Gasteiger partial charge in [-0.1, -0.05) is 13.8 Å². The minimum absolute atomic E-state index is 0.190. The van der Waals surface area contributed by atoms with E-state index in [0.717, 1.165) is 6.07 Å². The van der Waals surface area contributed by atoms with Crippen LogP contribution in [0.15, 0.2) is 18.2 Å². The lowest BCUT2D eigenvalue weighted by atomic mass is 10.1. The minimum atomic E-state index is -0.876. The van der Waals surface area contributed by atoms with Crippen molar-refractivity contribution in [3.8, 4) is 0 Å². The Balaban J connectivity index is 2.50. The van der Waals surface area contributed by atoms with Gasteiger partial charge in [-0.05, 0) is 24.1 Å². The average molecular weight is 282 g/mol. The van der Waals surface area contributed by atoms with E-state index in [1.807, 2.05) is 13.8 Å². The average Bonchev–Trinajstić information content (AvgIpc) is 2.36. The topological polar surface area (TPSA) is 81.4 Å². The van der Waals surface area contributed by atoms with E-state index in [0.29, 0.717) is 24.8 Å². The van der Waals surface area contributed by atoms with Gasteiger partial charge in [0.05, 0.1) is 18.6 Å². The summed E-state index contributed by atoms with van der Waals surface area (Å²) in [5.41, 5.74) is 5.11. The van der Waals surface area contributed by atoms with Gasteiger partial charge in [-0.25, -0.2) is 4.39 Å². The van der Waals surface area contributed by atoms with Crippen LogP contribution >= 0.6 is 0 Å².